The van der Waals surface area contributed by atoms with Gasteiger partial charge in [-0.2, -0.15) is 0 Å². The van der Waals surface area contributed by atoms with E-state index in [0.29, 0.717) is 18.0 Å². The molecule has 2 amide bonds. The van der Waals surface area contributed by atoms with Crippen molar-refractivity contribution in [3.05, 3.63) is 60.2 Å². The number of ether oxygens (including phenoxy) is 1. The molecule has 2 aromatic carbocycles. The Balaban J connectivity index is 1.30. The van der Waals surface area contributed by atoms with Crippen molar-refractivity contribution in [1.82, 2.24) is 10.2 Å². The summed E-state index contributed by atoms with van der Waals surface area (Å²) in [7, 11) is 0. The molecule has 0 saturated carbocycles. The molecule has 0 atom stereocenters. The highest BCUT2D eigenvalue weighted by Gasteiger charge is 2.27. The van der Waals surface area contributed by atoms with E-state index in [0.717, 1.165) is 32.5 Å². The minimum absolute atomic E-state index is 0.0312. The average molecular weight is 393 g/mol. The zero-order chi connectivity index (χ0) is 20.1. The number of likely N-dealkylation sites (tertiary alicyclic amines) is 1. The van der Waals surface area contributed by atoms with Gasteiger partial charge < -0.3 is 10.1 Å². The first-order chi connectivity index (χ1) is 14.2. The number of hydrogen-bond acceptors (Lipinski definition) is 4. The third kappa shape index (κ3) is 4.95. The Labute approximate surface area is 171 Å². The fraction of sp³-hybridized carbons (Fsp3) is 0.391. The van der Waals surface area contributed by atoms with Gasteiger partial charge in [-0.15, -0.1) is 0 Å². The van der Waals surface area contributed by atoms with Gasteiger partial charge >= 0.3 is 0 Å². The van der Waals surface area contributed by atoms with Gasteiger partial charge in [0.1, 0.15) is 12.3 Å². The third-order valence-corrected chi connectivity index (χ3v) is 5.53. The van der Waals surface area contributed by atoms with E-state index in [9.17, 15) is 9.59 Å². The van der Waals surface area contributed by atoms with Crippen LogP contribution in [0.25, 0.3) is 0 Å². The summed E-state index contributed by atoms with van der Waals surface area (Å²) in [4.78, 5) is 29.1. The molecule has 0 aliphatic carbocycles. The first kappa shape index (κ1) is 19.5. The molecule has 0 bridgehead atoms. The molecule has 0 spiro atoms. The monoisotopic (exact) mass is 393 g/mol. The number of piperidine rings is 1. The Kier molecular flexibility index (Phi) is 6.10. The molecule has 2 aliphatic rings. The van der Waals surface area contributed by atoms with Crippen molar-refractivity contribution >= 4 is 17.5 Å². The summed E-state index contributed by atoms with van der Waals surface area (Å²) in [6.07, 6.45) is 2.12. The normalized spacial score (nSPS) is 17.9. The smallest absolute Gasteiger partial charge is 0.240 e. The van der Waals surface area contributed by atoms with E-state index in [1.165, 1.54) is 5.56 Å². The first-order valence-corrected chi connectivity index (χ1v) is 10.3. The molecule has 6 nitrogen and oxygen atoms in total. The van der Waals surface area contributed by atoms with Crippen LogP contribution < -0.4 is 15.0 Å². The first-order valence-electron chi connectivity index (χ1n) is 10.3. The Bertz CT molecular complexity index is 847. The minimum atomic E-state index is -0.114. The lowest BCUT2D eigenvalue weighted by atomic mass is 10.0. The Morgan fingerprint density at radius 1 is 1.03 bits per heavy atom. The second-order valence-electron chi connectivity index (χ2n) is 7.65. The van der Waals surface area contributed by atoms with E-state index in [1.54, 1.807) is 4.90 Å². The molecule has 4 rings (SSSR count). The summed E-state index contributed by atoms with van der Waals surface area (Å²) in [5.41, 5.74) is 1.98. The molecular formula is C23H27N3O3. The number of carbonyl (C=O) groups excluding carboxylic acids is 2. The number of para-hydroxylation sites is 2. The summed E-state index contributed by atoms with van der Waals surface area (Å²) in [6.45, 7) is 3.23. The number of hydrogen-bond donors (Lipinski definition) is 1. The van der Waals surface area contributed by atoms with Gasteiger partial charge in [-0.1, -0.05) is 42.5 Å². The molecule has 1 saturated heterocycles. The van der Waals surface area contributed by atoms with Gasteiger partial charge in [0, 0.05) is 25.7 Å². The largest absolute Gasteiger partial charge is 0.491 e. The van der Waals surface area contributed by atoms with Crippen molar-refractivity contribution in [2.75, 3.05) is 31.1 Å². The van der Waals surface area contributed by atoms with Crippen LogP contribution in [0.4, 0.5) is 5.69 Å². The van der Waals surface area contributed by atoms with Crippen molar-refractivity contribution in [2.24, 2.45) is 0 Å². The predicted molar refractivity (Wildman–Crippen MR) is 112 cm³/mol. The number of fused-ring (bicyclic) bond motifs is 1. The fourth-order valence-electron chi connectivity index (χ4n) is 3.99. The quantitative estimate of drug-likeness (QED) is 0.848. The molecule has 1 N–H and O–H groups in total. The van der Waals surface area contributed by atoms with Gasteiger partial charge in [-0.3, -0.25) is 19.4 Å². The van der Waals surface area contributed by atoms with Crippen LogP contribution in [-0.4, -0.2) is 49.0 Å². The zero-order valence-corrected chi connectivity index (χ0v) is 16.5. The van der Waals surface area contributed by atoms with Gasteiger partial charge in [0.2, 0.25) is 11.8 Å². The second-order valence-corrected chi connectivity index (χ2v) is 7.65. The second kappa shape index (κ2) is 9.09. The molecule has 2 aromatic rings. The van der Waals surface area contributed by atoms with Gasteiger partial charge in [0.15, 0.2) is 0 Å². The van der Waals surface area contributed by atoms with Crippen molar-refractivity contribution in [3.63, 3.8) is 0 Å². The molecule has 2 heterocycles. The summed E-state index contributed by atoms with van der Waals surface area (Å²) in [5, 5.41) is 3.12. The van der Waals surface area contributed by atoms with Crippen LogP contribution in [0, 0.1) is 0 Å². The topological polar surface area (TPSA) is 61.9 Å². The number of benzene rings is 2. The van der Waals surface area contributed by atoms with Crippen LogP contribution in [0.2, 0.25) is 0 Å². The van der Waals surface area contributed by atoms with Crippen molar-refractivity contribution in [3.8, 4) is 5.75 Å². The number of amides is 2. The lowest BCUT2D eigenvalue weighted by Crippen LogP contribution is -2.48. The number of nitrogens with zero attached hydrogens (tertiary/aromatic N) is 2. The van der Waals surface area contributed by atoms with Gasteiger partial charge in [0.25, 0.3) is 0 Å². The third-order valence-electron chi connectivity index (χ3n) is 5.53. The van der Waals surface area contributed by atoms with E-state index in [-0.39, 0.29) is 30.8 Å². The fourth-order valence-corrected chi connectivity index (χ4v) is 3.99. The molecule has 29 heavy (non-hydrogen) atoms. The number of anilines is 1. The Hall–Kier alpha value is -2.86. The Morgan fingerprint density at radius 3 is 2.55 bits per heavy atom. The molecule has 1 fully saturated rings. The van der Waals surface area contributed by atoms with E-state index < -0.39 is 0 Å². The zero-order valence-electron chi connectivity index (χ0n) is 16.5. The summed E-state index contributed by atoms with van der Waals surface area (Å²) in [6, 6.07) is 18.0. The number of carbonyl (C=O) groups is 2. The average Bonchev–Trinajstić information content (AvgIpc) is 2.89. The van der Waals surface area contributed by atoms with Crippen molar-refractivity contribution in [1.29, 1.82) is 0 Å². The SMILES string of the molecule is O=C(CN1C(=O)CCOc2ccccc21)NC1CCN(Cc2ccccc2)CC1. The highest BCUT2D eigenvalue weighted by molar-refractivity contribution is 6.00. The summed E-state index contributed by atoms with van der Waals surface area (Å²) >= 11 is 0. The van der Waals surface area contributed by atoms with E-state index >= 15 is 0 Å². The molecular weight excluding hydrogens is 366 g/mol. The molecule has 0 aromatic heterocycles. The predicted octanol–water partition coefficient (Wildman–Crippen LogP) is 2.58. The lowest BCUT2D eigenvalue weighted by Gasteiger charge is -2.33. The lowest BCUT2D eigenvalue weighted by molar-refractivity contribution is -0.124. The van der Waals surface area contributed by atoms with Crippen LogP contribution >= 0.6 is 0 Å². The minimum Gasteiger partial charge on any atom is -0.491 e. The van der Waals surface area contributed by atoms with Crippen LogP contribution in [0.5, 0.6) is 5.75 Å². The van der Waals surface area contributed by atoms with Crippen LogP contribution in [0.15, 0.2) is 54.6 Å². The van der Waals surface area contributed by atoms with Gasteiger partial charge in [-0.25, -0.2) is 0 Å². The molecule has 0 unspecified atom stereocenters. The van der Waals surface area contributed by atoms with Crippen LogP contribution in [0.3, 0.4) is 0 Å². The van der Waals surface area contributed by atoms with Crippen molar-refractivity contribution in [2.45, 2.75) is 31.8 Å². The van der Waals surface area contributed by atoms with Gasteiger partial charge in [-0.05, 0) is 30.5 Å². The molecule has 0 radical (unpaired) electrons. The maximum absolute atomic E-state index is 12.7. The molecule has 6 heteroatoms. The molecule has 152 valence electrons. The number of nitrogens with one attached hydrogen (secondary N) is 1. The summed E-state index contributed by atoms with van der Waals surface area (Å²) < 4.78 is 5.64. The highest BCUT2D eigenvalue weighted by Crippen LogP contribution is 2.30. The van der Waals surface area contributed by atoms with E-state index in [2.05, 4.69) is 34.5 Å². The maximum atomic E-state index is 12.7. The van der Waals surface area contributed by atoms with E-state index in [1.807, 2.05) is 30.3 Å². The summed E-state index contributed by atoms with van der Waals surface area (Å²) in [5.74, 6) is 0.458. The van der Waals surface area contributed by atoms with Crippen LogP contribution in [0.1, 0.15) is 24.8 Å². The highest BCUT2D eigenvalue weighted by atomic mass is 16.5. The standard InChI is InChI=1S/C23H27N3O3/c27-22(17-26-20-8-4-5-9-21(20)29-15-12-23(26)28)24-19-10-13-25(14-11-19)16-18-6-2-1-3-7-18/h1-9,19H,10-17H2,(H,24,27). The van der Waals surface area contributed by atoms with Gasteiger partial charge in [0.05, 0.1) is 18.7 Å². The number of rotatable bonds is 5. The molecule has 2 aliphatic heterocycles. The maximum Gasteiger partial charge on any atom is 0.240 e. The van der Waals surface area contributed by atoms with E-state index in [4.69, 9.17) is 4.74 Å². The van der Waals surface area contributed by atoms with Crippen LogP contribution in [-0.2, 0) is 16.1 Å². The van der Waals surface area contributed by atoms with Crippen molar-refractivity contribution < 1.29 is 14.3 Å². The Morgan fingerprint density at radius 2 is 1.76 bits per heavy atom.